The molecule has 0 saturated heterocycles. The summed E-state index contributed by atoms with van der Waals surface area (Å²) in [6, 6.07) is 5.80. The van der Waals surface area contributed by atoms with Gasteiger partial charge in [-0.3, -0.25) is 10.1 Å². The highest BCUT2D eigenvalue weighted by Crippen LogP contribution is 2.13. The Labute approximate surface area is 101 Å². The second-order valence-electron chi connectivity index (χ2n) is 2.97. The van der Waals surface area contributed by atoms with Crippen molar-refractivity contribution in [1.29, 1.82) is 0 Å². The Hall–Kier alpha value is -0.990. The normalized spacial score (nSPS) is 11.3. The fourth-order valence-electron chi connectivity index (χ4n) is 1.01. The van der Waals surface area contributed by atoms with Gasteiger partial charge >= 0.3 is 0 Å². The maximum absolute atomic E-state index is 11.1. The molecule has 88 valence electrons. The monoisotopic (exact) mass is 308 g/mol. The van der Waals surface area contributed by atoms with Crippen molar-refractivity contribution in [2.75, 3.05) is 4.66 Å². The van der Waals surface area contributed by atoms with Gasteiger partial charge < -0.3 is 0 Å². The van der Waals surface area contributed by atoms with Gasteiger partial charge in [-0.1, -0.05) is 28.1 Å². The van der Waals surface area contributed by atoms with E-state index >= 15 is 0 Å². The number of non-ortho nitro benzene ring substituents is 1. The average molecular weight is 309 g/mol. The molecule has 16 heavy (non-hydrogen) atoms. The molecule has 0 spiro atoms. The van der Waals surface area contributed by atoms with E-state index in [4.69, 9.17) is 0 Å². The van der Waals surface area contributed by atoms with E-state index in [9.17, 15) is 18.5 Å². The van der Waals surface area contributed by atoms with E-state index in [0.29, 0.717) is 5.56 Å². The predicted octanol–water partition coefficient (Wildman–Crippen LogP) is 1.37. The molecule has 0 amide bonds. The largest absolute Gasteiger partial charge is 0.269 e. The van der Waals surface area contributed by atoms with Crippen molar-refractivity contribution in [3.63, 3.8) is 0 Å². The molecule has 1 aromatic rings. The van der Waals surface area contributed by atoms with Crippen molar-refractivity contribution in [3.05, 3.63) is 39.9 Å². The van der Waals surface area contributed by atoms with Crippen molar-refractivity contribution < 1.29 is 13.3 Å². The van der Waals surface area contributed by atoms with Crippen molar-refractivity contribution in [2.45, 2.75) is 6.54 Å². The summed E-state index contributed by atoms with van der Waals surface area (Å²) in [5.41, 5.74) is 0.481. The molecule has 0 saturated carbocycles. The Balaban J connectivity index is 2.75. The number of hydrogen-bond donors (Lipinski definition) is 1. The minimum absolute atomic E-state index is 0.0373. The number of nitrogens with one attached hydrogen (secondary N) is 1. The molecule has 0 aliphatic carbocycles. The van der Waals surface area contributed by atoms with Crippen LogP contribution in [0.4, 0.5) is 5.69 Å². The molecule has 0 unspecified atom stereocenters. The summed E-state index contributed by atoms with van der Waals surface area (Å²) in [6.07, 6.45) is 0. The smallest absolute Gasteiger partial charge is 0.258 e. The topological polar surface area (TPSA) is 89.3 Å². The van der Waals surface area contributed by atoms with Crippen molar-refractivity contribution in [1.82, 2.24) is 4.72 Å². The Morgan fingerprint density at radius 3 is 2.69 bits per heavy atom. The van der Waals surface area contributed by atoms with Gasteiger partial charge in [-0.25, -0.2) is 13.1 Å². The molecule has 0 atom stereocenters. The van der Waals surface area contributed by atoms with Gasteiger partial charge in [0.1, 0.15) is 4.66 Å². The van der Waals surface area contributed by atoms with E-state index in [1.165, 1.54) is 18.2 Å². The highest BCUT2D eigenvalue weighted by Gasteiger charge is 2.09. The fraction of sp³-hybridized carbons (Fsp3) is 0.250. The molecule has 1 N–H and O–H groups in total. The first-order chi connectivity index (χ1) is 7.44. The number of benzene rings is 1. The Kier molecular flexibility index (Phi) is 4.39. The fourth-order valence-corrected chi connectivity index (χ4v) is 1.96. The first-order valence-corrected chi connectivity index (χ1v) is 6.98. The van der Waals surface area contributed by atoms with Gasteiger partial charge in [0.15, 0.2) is 0 Å². The lowest BCUT2D eigenvalue weighted by Gasteiger charge is -2.03. The van der Waals surface area contributed by atoms with Crippen LogP contribution in [0.1, 0.15) is 5.56 Å². The van der Waals surface area contributed by atoms with Gasteiger partial charge in [-0.2, -0.15) is 0 Å². The zero-order chi connectivity index (χ0) is 12.2. The van der Waals surface area contributed by atoms with Crippen LogP contribution in [-0.4, -0.2) is 18.0 Å². The number of rotatable bonds is 5. The number of nitro benzene ring substituents is 1. The van der Waals surface area contributed by atoms with Gasteiger partial charge in [0.2, 0.25) is 10.0 Å². The molecular weight excluding hydrogens is 300 g/mol. The van der Waals surface area contributed by atoms with Crippen LogP contribution in [-0.2, 0) is 16.6 Å². The van der Waals surface area contributed by atoms with E-state index in [2.05, 4.69) is 20.7 Å². The standard InChI is InChI=1S/C8H9BrN2O4S/c9-6-16(14,15)10-5-7-2-1-3-8(4-7)11(12)13/h1-4,10H,5-6H2. The van der Waals surface area contributed by atoms with Crippen molar-refractivity contribution >= 4 is 31.6 Å². The predicted molar refractivity (Wildman–Crippen MR) is 62.6 cm³/mol. The third-order valence-corrected chi connectivity index (χ3v) is 4.44. The molecule has 0 radical (unpaired) electrons. The molecule has 0 aliphatic heterocycles. The van der Waals surface area contributed by atoms with Crippen LogP contribution < -0.4 is 4.72 Å². The zero-order valence-electron chi connectivity index (χ0n) is 8.09. The zero-order valence-corrected chi connectivity index (χ0v) is 10.5. The minimum Gasteiger partial charge on any atom is -0.258 e. The summed E-state index contributed by atoms with van der Waals surface area (Å²) in [5, 5.41) is 10.5. The highest BCUT2D eigenvalue weighted by molar-refractivity contribution is 9.10. The molecule has 0 aromatic heterocycles. The summed E-state index contributed by atoms with van der Waals surface area (Å²) >= 11 is 2.82. The Morgan fingerprint density at radius 2 is 2.12 bits per heavy atom. The summed E-state index contributed by atoms with van der Waals surface area (Å²) in [6.45, 7) is 0.0373. The van der Waals surface area contributed by atoms with E-state index in [1.54, 1.807) is 6.07 Å². The van der Waals surface area contributed by atoms with Gasteiger partial charge in [-0.15, -0.1) is 0 Å². The third-order valence-electron chi connectivity index (χ3n) is 1.76. The lowest BCUT2D eigenvalue weighted by atomic mass is 10.2. The van der Waals surface area contributed by atoms with Crippen molar-refractivity contribution in [3.8, 4) is 0 Å². The Morgan fingerprint density at radius 1 is 1.44 bits per heavy atom. The molecule has 0 heterocycles. The summed E-state index contributed by atoms with van der Waals surface area (Å²) in [4.78, 5) is 9.94. The maximum atomic E-state index is 11.1. The maximum Gasteiger partial charge on any atom is 0.269 e. The molecule has 0 fully saturated rings. The van der Waals surface area contributed by atoms with Gasteiger partial charge in [0.05, 0.1) is 4.92 Å². The molecule has 8 heteroatoms. The number of nitro groups is 1. The van der Waals surface area contributed by atoms with Crippen molar-refractivity contribution in [2.24, 2.45) is 0 Å². The van der Waals surface area contributed by atoms with Gasteiger partial charge in [0, 0.05) is 18.7 Å². The highest BCUT2D eigenvalue weighted by atomic mass is 79.9. The SMILES string of the molecule is O=[N+]([O-])c1cccc(CNS(=O)(=O)CBr)c1. The lowest BCUT2D eigenvalue weighted by Crippen LogP contribution is -2.23. The summed E-state index contributed by atoms with van der Waals surface area (Å²) in [5.74, 6) is 0. The van der Waals surface area contributed by atoms with Gasteiger partial charge in [-0.05, 0) is 5.56 Å². The van der Waals surface area contributed by atoms with E-state index in [0.717, 1.165) is 0 Å². The van der Waals surface area contributed by atoms with Crippen LogP contribution in [0.25, 0.3) is 0 Å². The molecule has 0 aliphatic rings. The van der Waals surface area contributed by atoms with Crippen LogP contribution >= 0.6 is 15.9 Å². The minimum atomic E-state index is -3.35. The second-order valence-corrected chi connectivity index (χ2v) is 6.08. The second kappa shape index (κ2) is 5.37. The van der Waals surface area contributed by atoms with Crippen LogP contribution in [0.3, 0.4) is 0 Å². The van der Waals surface area contributed by atoms with Gasteiger partial charge in [0.25, 0.3) is 5.69 Å². The molecule has 1 aromatic carbocycles. The lowest BCUT2D eigenvalue weighted by molar-refractivity contribution is -0.384. The summed E-state index contributed by atoms with van der Waals surface area (Å²) in [7, 11) is -3.35. The number of halogens is 1. The quantitative estimate of drug-likeness (QED) is 0.505. The summed E-state index contributed by atoms with van der Waals surface area (Å²) < 4.78 is 24.3. The average Bonchev–Trinajstić information content (AvgIpc) is 2.27. The van der Waals surface area contributed by atoms with Crippen LogP contribution in [0.5, 0.6) is 0 Å². The third kappa shape index (κ3) is 3.87. The molecular formula is C8H9BrN2O4S. The molecule has 1 rings (SSSR count). The molecule has 6 nitrogen and oxygen atoms in total. The first-order valence-electron chi connectivity index (χ1n) is 4.21. The number of nitrogens with zero attached hydrogens (tertiary/aromatic N) is 1. The van der Waals surface area contributed by atoms with Crippen LogP contribution in [0, 0.1) is 10.1 Å². The number of sulfonamides is 1. The number of alkyl halides is 1. The van der Waals surface area contributed by atoms with E-state index < -0.39 is 14.9 Å². The first kappa shape index (κ1) is 13.1. The van der Waals surface area contributed by atoms with Crippen LogP contribution in [0.15, 0.2) is 24.3 Å². The number of hydrogen-bond acceptors (Lipinski definition) is 4. The Bertz CT molecular complexity index is 489. The van der Waals surface area contributed by atoms with E-state index in [-0.39, 0.29) is 16.9 Å². The van der Waals surface area contributed by atoms with E-state index in [1.807, 2.05) is 0 Å². The molecule has 0 bridgehead atoms. The van der Waals surface area contributed by atoms with Crippen LogP contribution in [0.2, 0.25) is 0 Å².